The van der Waals surface area contributed by atoms with E-state index in [0.717, 1.165) is 25.8 Å². The second-order valence-electron chi connectivity index (χ2n) is 3.58. The summed E-state index contributed by atoms with van der Waals surface area (Å²) in [6, 6.07) is 0. The first-order valence-corrected chi connectivity index (χ1v) is 6.32. The molecule has 1 rings (SSSR count). The Balaban J connectivity index is 2.12. The van der Waals surface area contributed by atoms with Gasteiger partial charge in [-0.3, -0.25) is 4.79 Å². The van der Waals surface area contributed by atoms with Gasteiger partial charge >= 0.3 is 0 Å². The van der Waals surface area contributed by atoms with E-state index in [0.29, 0.717) is 5.25 Å². The molecule has 1 aliphatic rings. The molecule has 3 heteroatoms. The number of thioether (sulfide) groups is 1. The number of amides is 1. The third kappa shape index (κ3) is 4.70. The van der Waals surface area contributed by atoms with Crippen LogP contribution in [-0.2, 0) is 0 Å². The lowest BCUT2D eigenvalue weighted by atomic mass is 10.1. The molecule has 2 nitrogen and oxygen atoms in total. The molecule has 0 bridgehead atoms. The fourth-order valence-corrected chi connectivity index (χ4v) is 2.36. The van der Waals surface area contributed by atoms with Crippen LogP contribution in [0.25, 0.3) is 0 Å². The molecular weight excluding hydrogens is 194 g/mol. The van der Waals surface area contributed by atoms with Crippen molar-refractivity contribution in [2.75, 3.05) is 6.54 Å². The highest BCUT2D eigenvalue weighted by Gasteiger charge is 2.13. The summed E-state index contributed by atoms with van der Waals surface area (Å²) in [6.07, 6.45) is 10.1. The molecule has 1 atom stereocenters. The average molecular weight is 213 g/mol. The minimum absolute atomic E-state index is 0.134. The summed E-state index contributed by atoms with van der Waals surface area (Å²) in [6.45, 7) is 2.95. The fourth-order valence-electron chi connectivity index (χ4n) is 1.43. The summed E-state index contributed by atoms with van der Waals surface area (Å²) < 4.78 is 0. The first-order valence-electron chi connectivity index (χ1n) is 5.44. The van der Waals surface area contributed by atoms with Crippen molar-refractivity contribution in [1.29, 1.82) is 0 Å². The molecule has 0 aromatic heterocycles. The first kappa shape index (κ1) is 11.6. The van der Waals surface area contributed by atoms with Gasteiger partial charge in [0.2, 0.25) is 0 Å². The largest absolute Gasteiger partial charge is 0.347 e. The van der Waals surface area contributed by atoms with E-state index in [1.54, 1.807) is 0 Å². The van der Waals surface area contributed by atoms with Gasteiger partial charge in [0.25, 0.3) is 5.24 Å². The zero-order valence-corrected chi connectivity index (χ0v) is 9.61. The Morgan fingerprint density at radius 1 is 1.64 bits per heavy atom. The van der Waals surface area contributed by atoms with Crippen LogP contribution in [0.2, 0.25) is 0 Å². The van der Waals surface area contributed by atoms with Gasteiger partial charge in [-0.1, -0.05) is 37.3 Å². The normalized spacial score (nSPS) is 20.8. The minimum Gasteiger partial charge on any atom is -0.347 e. The summed E-state index contributed by atoms with van der Waals surface area (Å²) in [5, 5.41) is 3.46. The minimum atomic E-state index is 0.134. The quantitative estimate of drug-likeness (QED) is 0.573. The number of rotatable bonds is 4. The number of carbonyl (C=O) groups is 1. The predicted octanol–water partition coefficient (Wildman–Crippen LogP) is 3.34. The highest BCUT2D eigenvalue weighted by molar-refractivity contribution is 8.14. The van der Waals surface area contributed by atoms with Crippen LogP contribution in [0.3, 0.4) is 0 Å². The summed E-state index contributed by atoms with van der Waals surface area (Å²) in [4.78, 5) is 11.4. The van der Waals surface area contributed by atoms with Gasteiger partial charge in [0.1, 0.15) is 0 Å². The van der Waals surface area contributed by atoms with Crippen molar-refractivity contribution in [2.24, 2.45) is 0 Å². The van der Waals surface area contributed by atoms with Gasteiger partial charge < -0.3 is 5.32 Å². The Kier molecular flexibility index (Phi) is 5.76. The van der Waals surface area contributed by atoms with Gasteiger partial charge in [-0.05, 0) is 25.7 Å². The maximum Gasteiger partial charge on any atom is 0.279 e. The number of allylic oxidation sites excluding steroid dienone is 1. The Morgan fingerprint density at radius 2 is 2.50 bits per heavy atom. The highest BCUT2D eigenvalue weighted by atomic mass is 32.2. The lowest BCUT2D eigenvalue weighted by Crippen LogP contribution is -2.22. The molecule has 0 heterocycles. The van der Waals surface area contributed by atoms with Crippen molar-refractivity contribution >= 4 is 17.0 Å². The summed E-state index contributed by atoms with van der Waals surface area (Å²) in [5.41, 5.74) is 0. The number of carbonyl (C=O) groups excluding carboxylic acids is 1. The fraction of sp³-hybridized carbons (Fsp3) is 0.727. The maximum absolute atomic E-state index is 11.4. The maximum atomic E-state index is 11.4. The zero-order valence-electron chi connectivity index (χ0n) is 8.79. The topological polar surface area (TPSA) is 29.1 Å². The van der Waals surface area contributed by atoms with Crippen molar-refractivity contribution in [3.05, 3.63) is 12.2 Å². The van der Waals surface area contributed by atoms with Crippen molar-refractivity contribution < 1.29 is 4.79 Å². The Hall–Kier alpha value is -0.440. The van der Waals surface area contributed by atoms with E-state index in [1.165, 1.54) is 24.6 Å². The molecule has 0 unspecified atom stereocenters. The molecule has 1 N–H and O–H groups in total. The van der Waals surface area contributed by atoms with Gasteiger partial charge in [0, 0.05) is 11.8 Å². The number of hydrogen-bond donors (Lipinski definition) is 1. The number of nitrogens with one attached hydrogen (secondary N) is 1. The molecule has 0 aliphatic heterocycles. The third-order valence-corrected chi connectivity index (χ3v) is 3.32. The monoisotopic (exact) mass is 213 g/mol. The van der Waals surface area contributed by atoms with Crippen LogP contribution in [0.4, 0.5) is 4.79 Å². The molecule has 80 valence electrons. The highest BCUT2D eigenvalue weighted by Crippen LogP contribution is 2.23. The molecule has 1 aliphatic carbocycles. The van der Waals surface area contributed by atoms with E-state index in [9.17, 15) is 4.79 Å². The molecule has 0 aromatic carbocycles. The van der Waals surface area contributed by atoms with Crippen molar-refractivity contribution in [3.63, 3.8) is 0 Å². The molecule has 14 heavy (non-hydrogen) atoms. The molecule has 0 spiro atoms. The Morgan fingerprint density at radius 3 is 3.14 bits per heavy atom. The molecule has 0 aromatic rings. The first-order chi connectivity index (χ1) is 6.83. The standard InChI is InChI=1S/C11H19NOS/c1-2-3-9-12-11(13)14-10-7-5-4-6-8-10/h5,7,10H,2-4,6,8-9H2,1H3,(H,12,13)/t10-/m1/s1. The van der Waals surface area contributed by atoms with Crippen molar-refractivity contribution in [1.82, 2.24) is 5.32 Å². The van der Waals surface area contributed by atoms with E-state index in [-0.39, 0.29) is 5.24 Å². The molecule has 0 fully saturated rings. The van der Waals surface area contributed by atoms with E-state index in [2.05, 4.69) is 24.4 Å². The van der Waals surface area contributed by atoms with E-state index in [1.807, 2.05) is 0 Å². The van der Waals surface area contributed by atoms with Gasteiger partial charge in [-0.25, -0.2) is 0 Å². The van der Waals surface area contributed by atoms with Crippen LogP contribution >= 0.6 is 11.8 Å². The summed E-state index contributed by atoms with van der Waals surface area (Å²) in [7, 11) is 0. The predicted molar refractivity (Wildman–Crippen MR) is 62.7 cm³/mol. The van der Waals surface area contributed by atoms with Crippen LogP contribution in [-0.4, -0.2) is 17.0 Å². The van der Waals surface area contributed by atoms with Gasteiger partial charge in [0.05, 0.1) is 0 Å². The second kappa shape index (κ2) is 6.93. The van der Waals surface area contributed by atoms with Crippen molar-refractivity contribution in [2.45, 2.75) is 44.3 Å². The molecular formula is C11H19NOS. The van der Waals surface area contributed by atoms with Crippen molar-refractivity contribution in [3.8, 4) is 0 Å². The van der Waals surface area contributed by atoms with Crippen LogP contribution in [0, 0.1) is 0 Å². The molecule has 1 amide bonds. The number of hydrogen-bond acceptors (Lipinski definition) is 2. The third-order valence-electron chi connectivity index (χ3n) is 2.27. The van der Waals surface area contributed by atoms with Gasteiger partial charge in [-0.15, -0.1) is 0 Å². The van der Waals surface area contributed by atoms with Gasteiger partial charge in [-0.2, -0.15) is 0 Å². The smallest absolute Gasteiger partial charge is 0.279 e. The Bertz CT molecular complexity index is 203. The molecule has 0 saturated carbocycles. The van der Waals surface area contributed by atoms with Crippen LogP contribution in [0.1, 0.15) is 39.0 Å². The van der Waals surface area contributed by atoms with Crippen LogP contribution in [0.5, 0.6) is 0 Å². The SMILES string of the molecule is CCCCNC(=O)S[C@@H]1C=CCCC1. The van der Waals surface area contributed by atoms with E-state index >= 15 is 0 Å². The molecule has 0 saturated heterocycles. The second-order valence-corrected chi connectivity index (χ2v) is 4.80. The summed E-state index contributed by atoms with van der Waals surface area (Å²) in [5.74, 6) is 0. The molecule has 0 radical (unpaired) electrons. The Labute approximate surface area is 90.5 Å². The lowest BCUT2D eigenvalue weighted by Gasteiger charge is -2.14. The lowest BCUT2D eigenvalue weighted by molar-refractivity contribution is 0.260. The van der Waals surface area contributed by atoms with E-state index in [4.69, 9.17) is 0 Å². The average Bonchev–Trinajstić information content (AvgIpc) is 2.20. The number of unbranched alkanes of at least 4 members (excludes halogenated alkanes) is 1. The zero-order chi connectivity index (χ0) is 10.2. The van der Waals surface area contributed by atoms with Gasteiger partial charge in [0.15, 0.2) is 0 Å². The summed E-state index contributed by atoms with van der Waals surface area (Å²) >= 11 is 1.43. The van der Waals surface area contributed by atoms with Crippen LogP contribution < -0.4 is 5.32 Å². The van der Waals surface area contributed by atoms with Crippen LogP contribution in [0.15, 0.2) is 12.2 Å². The van der Waals surface area contributed by atoms with E-state index < -0.39 is 0 Å².